The van der Waals surface area contributed by atoms with Gasteiger partial charge in [0.05, 0.1) is 4.92 Å². The zero-order valence-electron chi connectivity index (χ0n) is 7.77. The van der Waals surface area contributed by atoms with Gasteiger partial charge in [0.15, 0.2) is 0 Å². The second-order valence-electron chi connectivity index (χ2n) is 3.09. The predicted octanol–water partition coefficient (Wildman–Crippen LogP) is 2.25. The van der Waals surface area contributed by atoms with Crippen LogP contribution in [0.5, 0.6) is 0 Å². The van der Waals surface area contributed by atoms with Gasteiger partial charge in [0, 0.05) is 24.6 Å². The average Bonchev–Trinajstić information content (AvgIpc) is 2.17. The summed E-state index contributed by atoms with van der Waals surface area (Å²) in [4.78, 5) is 9.83. The molecule has 1 rings (SSSR count). The Bertz CT molecular complexity index is 358. The van der Waals surface area contributed by atoms with Gasteiger partial charge in [0.25, 0.3) is 5.69 Å². The summed E-state index contributed by atoms with van der Waals surface area (Å²) >= 11 is 0. The van der Waals surface area contributed by atoms with Gasteiger partial charge in [0.1, 0.15) is 0 Å². The smallest absolute Gasteiger partial charge is 0.269 e. The first-order valence-electron chi connectivity index (χ1n) is 4.29. The minimum atomic E-state index is -2.51. The van der Waals surface area contributed by atoms with Gasteiger partial charge in [-0.15, -0.1) is 0 Å². The number of nitrogens with two attached hydrogens (primary N) is 1. The Balaban J connectivity index is 2.85. The highest BCUT2D eigenvalue weighted by Crippen LogP contribution is 2.21. The second-order valence-corrected chi connectivity index (χ2v) is 3.09. The fourth-order valence-electron chi connectivity index (χ4n) is 1.20. The molecule has 0 bridgehead atoms. The monoisotopic (exact) mass is 216 g/mol. The summed E-state index contributed by atoms with van der Waals surface area (Å²) in [5, 5.41) is 10.4. The summed E-state index contributed by atoms with van der Waals surface area (Å²) in [6.45, 7) is 0. The van der Waals surface area contributed by atoms with Gasteiger partial charge in [-0.2, -0.15) is 0 Å². The van der Waals surface area contributed by atoms with Crippen molar-refractivity contribution in [2.45, 2.75) is 18.9 Å². The van der Waals surface area contributed by atoms with Gasteiger partial charge in [-0.05, 0) is 5.56 Å². The molecule has 0 amide bonds. The van der Waals surface area contributed by atoms with Crippen LogP contribution in [0.1, 0.15) is 18.0 Å². The number of rotatable bonds is 4. The zero-order chi connectivity index (χ0) is 11.4. The highest BCUT2D eigenvalue weighted by atomic mass is 19.3. The van der Waals surface area contributed by atoms with E-state index in [0.717, 1.165) is 0 Å². The van der Waals surface area contributed by atoms with Crippen molar-refractivity contribution in [1.82, 2.24) is 0 Å². The molecule has 0 fully saturated rings. The molecule has 0 aromatic heterocycles. The minimum Gasteiger partial charge on any atom is -0.324 e. The number of benzene rings is 1. The van der Waals surface area contributed by atoms with Crippen molar-refractivity contribution in [2.75, 3.05) is 0 Å². The van der Waals surface area contributed by atoms with Crippen molar-refractivity contribution in [1.29, 1.82) is 0 Å². The third kappa shape index (κ3) is 3.25. The van der Waals surface area contributed by atoms with E-state index in [-0.39, 0.29) is 5.69 Å². The van der Waals surface area contributed by atoms with Gasteiger partial charge in [0.2, 0.25) is 6.43 Å². The molecule has 0 aliphatic heterocycles. The van der Waals surface area contributed by atoms with E-state index in [1.807, 2.05) is 0 Å². The van der Waals surface area contributed by atoms with Crippen LogP contribution >= 0.6 is 0 Å². The van der Waals surface area contributed by atoms with Crippen LogP contribution in [0, 0.1) is 10.1 Å². The third-order valence-electron chi connectivity index (χ3n) is 1.94. The van der Waals surface area contributed by atoms with Crippen LogP contribution in [0.4, 0.5) is 14.5 Å². The molecular weight excluding hydrogens is 206 g/mol. The normalized spacial score (nSPS) is 12.8. The average molecular weight is 216 g/mol. The Labute approximate surface area is 84.9 Å². The van der Waals surface area contributed by atoms with Gasteiger partial charge < -0.3 is 5.73 Å². The lowest BCUT2D eigenvalue weighted by atomic mass is 10.0. The Morgan fingerprint density at radius 3 is 2.67 bits per heavy atom. The maximum Gasteiger partial charge on any atom is 0.269 e. The van der Waals surface area contributed by atoms with Crippen molar-refractivity contribution in [3.8, 4) is 0 Å². The van der Waals surface area contributed by atoms with Crippen molar-refractivity contribution in [3.63, 3.8) is 0 Å². The summed E-state index contributed by atoms with van der Waals surface area (Å²) < 4.78 is 24.0. The maximum atomic E-state index is 12.0. The Kier molecular flexibility index (Phi) is 3.68. The summed E-state index contributed by atoms with van der Waals surface area (Å²) in [6.07, 6.45) is -3.01. The zero-order valence-corrected chi connectivity index (χ0v) is 7.77. The van der Waals surface area contributed by atoms with Crippen molar-refractivity contribution in [2.24, 2.45) is 5.73 Å². The van der Waals surface area contributed by atoms with E-state index in [2.05, 4.69) is 0 Å². The van der Waals surface area contributed by atoms with E-state index in [9.17, 15) is 18.9 Å². The number of nitro benzene ring substituents is 1. The molecule has 0 spiro atoms. The van der Waals surface area contributed by atoms with Gasteiger partial charge >= 0.3 is 0 Å². The number of hydrogen-bond acceptors (Lipinski definition) is 3. The Morgan fingerprint density at radius 2 is 2.13 bits per heavy atom. The van der Waals surface area contributed by atoms with Crippen LogP contribution in [0.3, 0.4) is 0 Å². The second kappa shape index (κ2) is 4.79. The molecule has 15 heavy (non-hydrogen) atoms. The van der Waals surface area contributed by atoms with E-state index in [1.54, 1.807) is 0 Å². The number of alkyl halides is 2. The lowest BCUT2D eigenvalue weighted by Gasteiger charge is -2.10. The molecule has 0 unspecified atom stereocenters. The lowest BCUT2D eigenvalue weighted by Crippen LogP contribution is -2.14. The summed E-state index contributed by atoms with van der Waals surface area (Å²) in [6, 6.07) is 4.56. The summed E-state index contributed by atoms with van der Waals surface area (Å²) in [7, 11) is 0. The highest BCUT2D eigenvalue weighted by molar-refractivity contribution is 5.35. The SMILES string of the molecule is N[C@@H](CC(F)F)c1cccc([N+](=O)[O-])c1. The summed E-state index contributed by atoms with van der Waals surface area (Å²) in [5.41, 5.74) is 5.67. The van der Waals surface area contributed by atoms with E-state index < -0.39 is 23.8 Å². The molecule has 0 saturated heterocycles. The molecule has 82 valence electrons. The van der Waals surface area contributed by atoms with Gasteiger partial charge in [-0.3, -0.25) is 10.1 Å². The molecule has 1 atom stereocenters. The van der Waals surface area contributed by atoms with Crippen LogP contribution in [-0.4, -0.2) is 11.3 Å². The van der Waals surface area contributed by atoms with Crippen LogP contribution in [-0.2, 0) is 0 Å². The lowest BCUT2D eigenvalue weighted by molar-refractivity contribution is -0.384. The number of nitrogens with zero attached hydrogens (tertiary/aromatic N) is 1. The van der Waals surface area contributed by atoms with Crippen LogP contribution in [0.2, 0.25) is 0 Å². The van der Waals surface area contributed by atoms with E-state index >= 15 is 0 Å². The number of hydrogen-bond donors (Lipinski definition) is 1. The fourth-order valence-corrected chi connectivity index (χ4v) is 1.20. The number of non-ortho nitro benzene ring substituents is 1. The quantitative estimate of drug-likeness (QED) is 0.619. The molecule has 0 aliphatic rings. The number of nitro groups is 1. The molecular formula is C9H10F2N2O2. The van der Waals surface area contributed by atoms with Crippen LogP contribution in [0.25, 0.3) is 0 Å². The molecule has 1 aromatic rings. The van der Waals surface area contributed by atoms with Crippen LogP contribution < -0.4 is 5.73 Å². The molecule has 0 heterocycles. The fraction of sp³-hybridized carbons (Fsp3) is 0.333. The Hall–Kier alpha value is -1.56. The Morgan fingerprint density at radius 1 is 1.47 bits per heavy atom. The molecule has 1 aromatic carbocycles. The molecule has 0 aliphatic carbocycles. The first kappa shape index (κ1) is 11.5. The first-order valence-corrected chi connectivity index (χ1v) is 4.29. The minimum absolute atomic E-state index is 0.141. The van der Waals surface area contributed by atoms with E-state index in [0.29, 0.717) is 5.56 Å². The number of halogens is 2. The molecule has 2 N–H and O–H groups in total. The standard InChI is InChI=1S/C9H10F2N2O2/c10-9(11)5-8(12)6-2-1-3-7(4-6)13(14)15/h1-4,8-9H,5,12H2/t8-/m0/s1. The third-order valence-corrected chi connectivity index (χ3v) is 1.94. The molecule has 0 saturated carbocycles. The largest absolute Gasteiger partial charge is 0.324 e. The maximum absolute atomic E-state index is 12.0. The predicted molar refractivity (Wildman–Crippen MR) is 50.6 cm³/mol. The summed E-state index contributed by atoms with van der Waals surface area (Å²) in [5.74, 6) is 0. The molecule has 4 nitrogen and oxygen atoms in total. The van der Waals surface area contributed by atoms with Gasteiger partial charge in [-0.1, -0.05) is 12.1 Å². The van der Waals surface area contributed by atoms with Crippen molar-refractivity contribution >= 4 is 5.69 Å². The van der Waals surface area contributed by atoms with E-state index in [4.69, 9.17) is 5.73 Å². The first-order chi connectivity index (χ1) is 7.00. The van der Waals surface area contributed by atoms with E-state index in [1.165, 1.54) is 24.3 Å². The van der Waals surface area contributed by atoms with Crippen molar-refractivity contribution in [3.05, 3.63) is 39.9 Å². The topological polar surface area (TPSA) is 69.2 Å². The van der Waals surface area contributed by atoms with Crippen LogP contribution in [0.15, 0.2) is 24.3 Å². The van der Waals surface area contributed by atoms with Gasteiger partial charge in [-0.25, -0.2) is 8.78 Å². The highest BCUT2D eigenvalue weighted by Gasteiger charge is 2.15. The van der Waals surface area contributed by atoms with Crippen molar-refractivity contribution < 1.29 is 13.7 Å². The molecule has 6 heteroatoms. The molecule has 0 radical (unpaired) electrons.